The van der Waals surface area contributed by atoms with Crippen LogP contribution in [0.2, 0.25) is 0 Å². The molecule has 1 aromatic carbocycles. The van der Waals surface area contributed by atoms with Crippen molar-refractivity contribution in [3.05, 3.63) is 35.9 Å². The standard InChI is InChI=1S/C12H20N2/c1-3-12(13-2)10-14-9-11-7-5-4-6-8-11/h4-8,12-14H,3,9-10H2,1-2H3. The Morgan fingerprint density at radius 3 is 2.50 bits per heavy atom. The predicted molar refractivity (Wildman–Crippen MR) is 61.3 cm³/mol. The first-order chi connectivity index (χ1) is 6.86. The van der Waals surface area contributed by atoms with E-state index in [0.717, 1.165) is 19.5 Å². The molecule has 2 nitrogen and oxygen atoms in total. The molecule has 1 unspecified atom stereocenters. The fourth-order valence-corrected chi connectivity index (χ4v) is 1.44. The van der Waals surface area contributed by atoms with Gasteiger partial charge in [0.15, 0.2) is 0 Å². The van der Waals surface area contributed by atoms with E-state index in [2.05, 4.69) is 41.8 Å². The Hall–Kier alpha value is -0.860. The Morgan fingerprint density at radius 2 is 1.93 bits per heavy atom. The minimum atomic E-state index is 0.582. The molecule has 0 amide bonds. The summed E-state index contributed by atoms with van der Waals surface area (Å²) in [6, 6.07) is 11.1. The van der Waals surface area contributed by atoms with Crippen LogP contribution in [-0.2, 0) is 6.54 Å². The number of benzene rings is 1. The second-order valence-corrected chi connectivity index (χ2v) is 3.51. The molecule has 0 bridgehead atoms. The molecule has 0 spiro atoms. The van der Waals surface area contributed by atoms with Gasteiger partial charge in [-0.2, -0.15) is 0 Å². The van der Waals surface area contributed by atoms with Crippen molar-refractivity contribution in [1.29, 1.82) is 0 Å². The quantitative estimate of drug-likeness (QED) is 0.718. The third kappa shape index (κ3) is 3.90. The van der Waals surface area contributed by atoms with Crippen LogP contribution in [0.15, 0.2) is 30.3 Å². The molecule has 0 radical (unpaired) electrons. The molecule has 0 aliphatic rings. The predicted octanol–water partition coefficient (Wildman–Crippen LogP) is 1.77. The van der Waals surface area contributed by atoms with Gasteiger partial charge < -0.3 is 10.6 Å². The SMILES string of the molecule is CCC(CNCc1ccccc1)NC. The van der Waals surface area contributed by atoms with Gasteiger partial charge in [-0.25, -0.2) is 0 Å². The van der Waals surface area contributed by atoms with Gasteiger partial charge in [0.1, 0.15) is 0 Å². The van der Waals surface area contributed by atoms with E-state index in [4.69, 9.17) is 0 Å². The van der Waals surface area contributed by atoms with Crippen LogP contribution in [0.4, 0.5) is 0 Å². The van der Waals surface area contributed by atoms with Crippen molar-refractivity contribution in [3.63, 3.8) is 0 Å². The van der Waals surface area contributed by atoms with Crippen molar-refractivity contribution in [2.75, 3.05) is 13.6 Å². The lowest BCUT2D eigenvalue weighted by Gasteiger charge is -2.14. The number of hydrogen-bond donors (Lipinski definition) is 2. The highest BCUT2D eigenvalue weighted by atomic mass is 15.0. The maximum Gasteiger partial charge on any atom is 0.0206 e. The first-order valence-electron chi connectivity index (χ1n) is 5.28. The van der Waals surface area contributed by atoms with Crippen molar-refractivity contribution < 1.29 is 0 Å². The van der Waals surface area contributed by atoms with Gasteiger partial charge >= 0.3 is 0 Å². The second-order valence-electron chi connectivity index (χ2n) is 3.51. The lowest BCUT2D eigenvalue weighted by atomic mass is 10.2. The third-order valence-corrected chi connectivity index (χ3v) is 2.46. The van der Waals surface area contributed by atoms with Gasteiger partial charge in [-0.05, 0) is 19.0 Å². The van der Waals surface area contributed by atoms with Crippen LogP contribution in [0, 0.1) is 0 Å². The molecule has 1 aromatic rings. The summed E-state index contributed by atoms with van der Waals surface area (Å²) < 4.78 is 0. The van der Waals surface area contributed by atoms with Crippen molar-refractivity contribution in [2.45, 2.75) is 25.9 Å². The van der Waals surface area contributed by atoms with Gasteiger partial charge in [0.25, 0.3) is 0 Å². The van der Waals surface area contributed by atoms with Gasteiger partial charge in [0.2, 0.25) is 0 Å². The zero-order valence-corrected chi connectivity index (χ0v) is 9.09. The van der Waals surface area contributed by atoms with Gasteiger partial charge in [0.05, 0.1) is 0 Å². The molecule has 0 saturated carbocycles. The van der Waals surface area contributed by atoms with Crippen LogP contribution < -0.4 is 10.6 Å². The first kappa shape index (κ1) is 11.2. The van der Waals surface area contributed by atoms with Crippen molar-refractivity contribution in [2.24, 2.45) is 0 Å². The Bertz CT molecular complexity index is 229. The Labute approximate surface area is 86.7 Å². The van der Waals surface area contributed by atoms with Gasteiger partial charge in [-0.1, -0.05) is 37.3 Å². The minimum Gasteiger partial charge on any atom is -0.316 e. The van der Waals surface area contributed by atoms with Gasteiger partial charge in [-0.15, -0.1) is 0 Å². The van der Waals surface area contributed by atoms with E-state index in [1.54, 1.807) is 0 Å². The largest absolute Gasteiger partial charge is 0.316 e. The van der Waals surface area contributed by atoms with Crippen LogP contribution in [0.1, 0.15) is 18.9 Å². The van der Waals surface area contributed by atoms with Crippen LogP contribution in [-0.4, -0.2) is 19.6 Å². The number of likely N-dealkylation sites (N-methyl/N-ethyl adjacent to an activating group) is 1. The minimum absolute atomic E-state index is 0.582. The summed E-state index contributed by atoms with van der Waals surface area (Å²) in [7, 11) is 2.01. The average Bonchev–Trinajstić information content (AvgIpc) is 2.26. The lowest BCUT2D eigenvalue weighted by molar-refractivity contribution is 0.496. The first-order valence-corrected chi connectivity index (χ1v) is 5.28. The van der Waals surface area contributed by atoms with Crippen molar-refractivity contribution in [1.82, 2.24) is 10.6 Å². The summed E-state index contributed by atoms with van der Waals surface area (Å²) in [6.45, 7) is 4.19. The molecule has 0 heterocycles. The molecule has 0 fully saturated rings. The summed E-state index contributed by atoms with van der Waals surface area (Å²) in [5.74, 6) is 0. The molecule has 0 saturated heterocycles. The zero-order valence-electron chi connectivity index (χ0n) is 9.09. The average molecular weight is 192 g/mol. The van der Waals surface area contributed by atoms with Crippen LogP contribution in [0.5, 0.6) is 0 Å². The van der Waals surface area contributed by atoms with E-state index in [0.29, 0.717) is 6.04 Å². The Kier molecular flexibility index (Phi) is 5.27. The molecule has 1 atom stereocenters. The van der Waals surface area contributed by atoms with E-state index in [1.165, 1.54) is 5.56 Å². The molecule has 0 aromatic heterocycles. The highest BCUT2D eigenvalue weighted by molar-refractivity contribution is 5.14. The summed E-state index contributed by atoms with van der Waals surface area (Å²) in [5.41, 5.74) is 1.35. The zero-order chi connectivity index (χ0) is 10.2. The summed E-state index contributed by atoms with van der Waals surface area (Å²) in [4.78, 5) is 0. The highest BCUT2D eigenvalue weighted by Crippen LogP contribution is 1.97. The van der Waals surface area contributed by atoms with Crippen molar-refractivity contribution in [3.8, 4) is 0 Å². The summed E-state index contributed by atoms with van der Waals surface area (Å²) >= 11 is 0. The molecule has 0 aliphatic heterocycles. The van der Waals surface area contributed by atoms with E-state index in [1.807, 2.05) is 13.1 Å². The fraction of sp³-hybridized carbons (Fsp3) is 0.500. The second kappa shape index (κ2) is 6.57. The summed E-state index contributed by atoms with van der Waals surface area (Å²) in [5, 5.41) is 6.72. The third-order valence-electron chi connectivity index (χ3n) is 2.46. The smallest absolute Gasteiger partial charge is 0.0206 e. The Morgan fingerprint density at radius 1 is 1.21 bits per heavy atom. The van der Waals surface area contributed by atoms with Gasteiger partial charge in [-0.3, -0.25) is 0 Å². The normalized spacial score (nSPS) is 12.7. The fourth-order valence-electron chi connectivity index (χ4n) is 1.44. The number of rotatable bonds is 6. The number of hydrogen-bond acceptors (Lipinski definition) is 2. The van der Waals surface area contributed by atoms with E-state index in [9.17, 15) is 0 Å². The number of nitrogens with one attached hydrogen (secondary N) is 2. The molecule has 78 valence electrons. The molecular weight excluding hydrogens is 172 g/mol. The summed E-state index contributed by atoms with van der Waals surface area (Å²) in [6.07, 6.45) is 1.16. The van der Waals surface area contributed by atoms with Gasteiger partial charge in [0, 0.05) is 19.1 Å². The molecular formula is C12H20N2. The van der Waals surface area contributed by atoms with E-state index in [-0.39, 0.29) is 0 Å². The van der Waals surface area contributed by atoms with Crippen LogP contribution in [0.3, 0.4) is 0 Å². The maximum absolute atomic E-state index is 3.44. The van der Waals surface area contributed by atoms with Crippen molar-refractivity contribution >= 4 is 0 Å². The van der Waals surface area contributed by atoms with Crippen LogP contribution in [0.25, 0.3) is 0 Å². The monoisotopic (exact) mass is 192 g/mol. The lowest BCUT2D eigenvalue weighted by Crippen LogP contribution is -2.35. The highest BCUT2D eigenvalue weighted by Gasteiger charge is 2.00. The molecule has 0 aliphatic carbocycles. The molecule has 1 rings (SSSR count). The molecule has 14 heavy (non-hydrogen) atoms. The Balaban J connectivity index is 2.21. The maximum atomic E-state index is 3.44. The molecule has 2 heteroatoms. The van der Waals surface area contributed by atoms with E-state index >= 15 is 0 Å². The molecule has 2 N–H and O–H groups in total. The topological polar surface area (TPSA) is 24.1 Å². The van der Waals surface area contributed by atoms with E-state index < -0.39 is 0 Å². The van der Waals surface area contributed by atoms with Crippen LogP contribution >= 0.6 is 0 Å².